The third-order valence-corrected chi connectivity index (χ3v) is 3.78. The number of nitrogens with two attached hydrogens (primary N) is 1. The van der Waals surface area contributed by atoms with Gasteiger partial charge in [0.15, 0.2) is 5.76 Å². The Morgan fingerprint density at radius 3 is 2.33 bits per heavy atom. The van der Waals surface area contributed by atoms with Crippen molar-refractivity contribution in [3.05, 3.63) is 47.7 Å². The van der Waals surface area contributed by atoms with Gasteiger partial charge in [0.05, 0.1) is 0 Å². The van der Waals surface area contributed by atoms with Crippen LogP contribution in [-0.2, 0) is 5.41 Å². The molecule has 0 saturated carbocycles. The predicted octanol–water partition coefficient (Wildman–Crippen LogP) is 4.13. The minimum Gasteiger partial charge on any atom is -0.451 e. The number of carbonyl (C=O) groups excluding carboxylic acids is 1. The first kappa shape index (κ1) is 20.3. The van der Waals surface area contributed by atoms with Crippen molar-refractivity contribution < 1.29 is 9.21 Å². The topological polar surface area (TPSA) is 68.3 Å². The molecule has 1 amide bonds. The number of halogens is 1. The van der Waals surface area contributed by atoms with Gasteiger partial charge >= 0.3 is 0 Å². The summed E-state index contributed by atoms with van der Waals surface area (Å²) in [4.78, 5) is 12.0. The van der Waals surface area contributed by atoms with Crippen LogP contribution in [0.2, 0.25) is 0 Å². The average molecular weight is 351 g/mol. The molecule has 5 heteroatoms. The van der Waals surface area contributed by atoms with Crippen LogP contribution >= 0.6 is 12.4 Å². The van der Waals surface area contributed by atoms with Crippen molar-refractivity contribution in [2.45, 2.75) is 39.0 Å². The lowest BCUT2D eigenvalue weighted by molar-refractivity contribution is 0.0926. The van der Waals surface area contributed by atoms with Gasteiger partial charge in [0.2, 0.25) is 0 Å². The number of furan rings is 1. The molecule has 3 N–H and O–H groups in total. The molecule has 4 nitrogen and oxygen atoms in total. The fourth-order valence-corrected chi connectivity index (χ4v) is 2.31. The lowest BCUT2D eigenvalue weighted by Gasteiger charge is -2.18. The molecule has 0 aliphatic rings. The lowest BCUT2D eigenvalue weighted by atomic mass is 9.86. The molecule has 0 aliphatic heterocycles. The van der Waals surface area contributed by atoms with E-state index in [2.05, 4.69) is 38.2 Å². The van der Waals surface area contributed by atoms with E-state index in [0.717, 1.165) is 18.4 Å². The summed E-state index contributed by atoms with van der Waals surface area (Å²) < 4.78 is 5.68. The van der Waals surface area contributed by atoms with Crippen LogP contribution in [0.5, 0.6) is 0 Å². The number of carbonyl (C=O) groups is 1. The monoisotopic (exact) mass is 350 g/mol. The molecular weight excluding hydrogens is 324 g/mol. The summed E-state index contributed by atoms with van der Waals surface area (Å²) >= 11 is 0. The van der Waals surface area contributed by atoms with E-state index >= 15 is 0 Å². The van der Waals surface area contributed by atoms with E-state index in [0.29, 0.717) is 24.6 Å². The Bertz CT molecular complexity index is 642. The summed E-state index contributed by atoms with van der Waals surface area (Å²) in [7, 11) is 0. The Labute approximate surface area is 150 Å². The molecule has 0 unspecified atom stereocenters. The number of rotatable bonds is 6. The molecule has 1 aromatic carbocycles. The maximum Gasteiger partial charge on any atom is 0.287 e. The van der Waals surface area contributed by atoms with Gasteiger partial charge in [0.1, 0.15) is 5.76 Å². The number of hydrogen-bond acceptors (Lipinski definition) is 3. The summed E-state index contributed by atoms with van der Waals surface area (Å²) in [5, 5.41) is 2.84. The standard InChI is InChI=1S/C19H26N2O2.ClH/c1-19(2,3)15-8-6-14(7-9-15)16-10-11-17(23-16)18(22)21-13-5-4-12-20;/h6-11H,4-5,12-13,20H2,1-3H3,(H,21,22);1H. The second-order valence-corrected chi connectivity index (χ2v) is 6.74. The first-order valence-electron chi connectivity index (χ1n) is 8.11. The number of hydrogen-bond donors (Lipinski definition) is 2. The fraction of sp³-hybridized carbons (Fsp3) is 0.421. The Balaban J connectivity index is 0.00000288. The van der Waals surface area contributed by atoms with E-state index in [1.54, 1.807) is 6.07 Å². The van der Waals surface area contributed by atoms with Gasteiger partial charge in [-0.25, -0.2) is 0 Å². The van der Waals surface area contributed by atoms with Crippen molar-refractivity contribution in [1.82, 2.24) is 5.32 Å². The number of benzene rings is 1. The molecule has 0 bridgehead atoms. The Kier molecular flexibility index (Phi) is 7.52. The first-order valence-corrected chi connectivity index (χ1v) is 8.11. The van der Waals surface area contributed by atoms with Crippen LogP contribution in [0.25, 0.3) is 11.3 Å². The summed E-state index contributed by atoms with van der Waals surface area (Å²) in [6, 6.07) is 11.8. The Hall–Kier alpha value is -1.78. The van der Waals surface area contributed by atoms with Crippen molar-refractivity contribution in [2.24, 2.45) is 5.73 Å². The number of amides is 1. The van der Waals surface area contributed by atoms with Crippen molar-refractivity contribution in [2.75, 3.05) is 13.1 Å². The normalized spacial score (nSPS) is 11.0. The highest BCUT2D eigenvalue weighted by atomic mass is 35.5. The highest BCUT2D eigenvalue weighted by molar-refractivity contribution is 5.92. The highest BCUT2D eigenvalue weighted by Crippen LogP contribution is 2.27. The van der Waals surface area contributed by atoms with E-state index in [4.69, 9.17) is 10.2 Å². The zero-order valence-electron chi connectivity index (χ0n) is 14.6. The Morgan fingerprint density at radius 1 is 1.08 bits per heavy atom. The van der Waals surface area contributed by atoms with Gasteiger partial charge in [-0.05, 0) is 42.5 Å². The molecule has 2 rings (SSSR count). The van der Waals surface area contributed by atoms with Crippen molar-refractivity contribution in [3.8, 4) is 11.3 Å². The number of nitrogens with one attached hydrogen (secondary N) is 1. The summed E-state index contributed by atoms with van der Waals surface area (Å²) in [6.45, 7) is 7.81. The first-order chi connectivity index (χ1) is 10.9. The molecule has 1 aromatic heterocycles. The highest BCUT2D eigenvalue weighted by Gasteiger charge is 2.15. The molecule has 0 radical (unpaired) electrons. The van der Waals surface area contributed by atoms with Crippen LogP contribution in [0.4, 0.5) is 0 Å². The van der Waals surface area contributed by atoms with Crippen molar-refractivity contribution >= 4 is 18.3 Å². The molecule has 0 aliphatic carbocycles. The maximum absolute atomic E-state index is 12.0. The van der Waals surface area contributed by atoms with Crippen LogP contribution in [0.3, 0.4) is 0 Å². The third kappa shape index (κ3) is 5.39. The van der Waals surface area contributed by atoms with Gasteiger partial charge in [-0.3, -0.25) is 4.79 Å². The van der Waals surface area contributed by atoms with E-state index < -0.39 is 0 Å². The fourth-order valence-electron chi connectivity index (χ4n) is 2.31. The second kappa shape index (κ2) is 8.90. The largest absolute Gasteiger partial charge is 0.451 e. The van der Waals surface area contributed by atoms with E-state index in [1.165, 1.54) is 5.56 Å². The third-order valence-electron chi connectivity index (χ3n) is 3.78. The van der Waals surface area contributed by atoms with E-state index in [9.17, 15) is 4.79 Å². The Morgan fingerprint density at radius 2 is 1.75 bits per heavy atom. The van der Waals surface area contributed by atoms with Crippen LogP contribution < -0.4 is 11.1 Å². The van der Waals surface area contributed by atoms with E-state index in [1.807, 2.05) is 18.2 Å². The van der Waals surface area contributed by atoms with Crippen LogP contribution in [-0.4, -0.2) is 19.0 Å². The van der Waals surface area contributed by atoms with Crippen LogP contribution in [0.1, 0.15) is 49.7 Å². The minimum absolute atomic E-state index is 0. The molecule has 1 heterocycles. The van der Waals surface area contributed by atoms with Crippen LogP contribution in [0.15, 0.2) is 40.8 Å². The molecule has 0 spiro atoms. The molecule has 132 valence electrons. The smallest absolute Gasteiger partial charge is 0.287 e. The lowest BCUT2D eigenvalue weighted by Crippen LogP contribution is -2.24. The molecule has 0 saturated heterocycles. The molecular formula is C19H27ClN2O2. The van der Waals surface area contributed by atoms with Gasteiger partial charge in [0.25, 0.3) is 5.91 Å². The summed E-state index contributed by atoms with van der Waals surface area (Å²) in [6.07, 6.45) is 1.79. The second-order valence-electron chi connectivity index (χ2n) is 6.74. The quantitative estimate of drug-likeness (QED) is 0.769. The average Bonchev–Trinajstić information content (AvgIpc) is 3.01. The zero-order chi connectivity index (χ0) is 16.9. The van der Waals surface area contributed by atoms with Gasteiger partial charge in [0, 0.05) is 12.1 Å². The molecule has 24 heavy (non-hydrogen) atoms. The van der Waals surface area contributed by atoms with Crippen LogP contribution in [0, 0.1) is 0 Å². The van der Waals surface area contributed by atoms with Crippen molar-refractivity contribution in [1.29, 1.82) is 0 Å². The van der Waals surface area contributed by atoms with Gasteiger partial charge < -0.3 is 15.5 Å². The molecule has 2 aromatic rings. The zero-order valence-corrected chi connectivity index (χ0v) is 15.4. The van der Waals surface area contributed by atoms with Gasteiger partial charge in [-0.1, -0.05) is 45.0 Å². The van der Waals surface area contributed by atoms with Gasteiger partial charge in [-0.15, -0.1) is 12.4 Å². The number of unbranched alkanes of at least 4 members (excludes halogenated alkanes) is 1. The van der Waals surface area contributed by atoms with Gasteiger partial charge in [-0.2, -0.15) is 0 Å². The van der Waals surface area contributed by atoms with Crippen molar-refractivity contribution in [3.63, 3.8) is 0 Å². The SMILES string of the molecule is CC(C)(C)c1ccc(-c2ccc(C(=O)NCCCCN)o2)cc1.Cl. The maximum atomic E-state index is 12.0. The van der Waals surface area contributed by atoms with E-state index in [-0.39, 0.29) is 23.7 Å². The summed E-state index contributed by atoms with van der Waals surface area (Å²) in [5.74, 6) is 0.866. The predicted molar refractivity (Wildman–Crippen MR) is 101 cm³/mol. The molecule has 0 atom stereocenters. The minimum atomic E-state index is -0.181. The molecule has 0 fully saturated rings. The summed E-state index contributed by atoms with van der Waals surface area (Å²) in [5.41, 5.74) is 7.79.